The highest BCUT2D eigenvalue weighted by Gasteiger charge is 2.21. The second kappa shape index (κ2) is 6.00. The molecule has 0 unspecified atom stereocenters. The smallest absolute Gasteiger partial charge is 0.270 e. The van der Waals surface area contributed by atoms with E-state index in [0.717, 1.165) is 25.7 Å². The number of nitrogens with zero attached hydrogens (tertiary/aromatic N) is 1. The lowest BCUT2D eigenvalue weighted by atomic mass is 9.91. The molecule has 0 bridgehead atoms. The molecule has 1 aromatic rings. The maximum atomic E-state index is 12.2. The molecule has 1 aromatic carbocycles. The molecule has 0 aromatic heterocycles. The minimum Gasteiger partial charge on any atom is -0.349 e. The van der Waals surface area contributed by atoms with Crippen molar-refractivity contribution in [3.63, 3.8) is 0 Å². The Balaban J connectivity index is 2.07. The van der Waals surface area contributed by atoms with Gasteiger partial charge in [0.25, 0.3) is 11.6 Å². The lowest BCUT2D eigenvalue weighted by Gasteiger charge is -2.26. The fourth-order valence-electron chi connectivity index (χ4n) is 2.53. The summed E-state index contributed by atoms with van der Waals surface area (Å²) in [5.74, 6) is -0.253. The van der Waals surface area contributed by atoms with E-state index < -0.39 is 4.92 Å². The Morgan fingerprint density at radius 2 is 1.95 bits per heavy atom. The fraction of sp³-hybridized carbons (Fsp3) is 0.500. The Morgan fingerprint density at radius 1 is 1.30 bits per heavy atom. The molecule has 1 amide bonds. The lowest BCUT2D eigenvalue weighted by molar-refractivity contribution is -0.384. The molecule has 0 atom stereocenters. The molecule has 108 valence electrons. The van der Waals surface area contributed by atoms with Crippen molar-refractivity contribution in [3.05, 3.63) is 39.4 Å². The van der Waals surface area contributed by atoms with E-state index in [4.69, 9.17) is 5.73 Å². The van der Waals surface area contributed by atoms with Crippen LogP contribution in [-0.4, -0.2) is 22.9 Å². The van der Waals surface area contributed by atoms with Crippen molar-refractivity contribution in [1.29, 1.82) is 0 Å². The number of carbonyl (C=O) groups excluding carboxylic acids is 1. The van der Waals surface area contributed by atoms with E-state index >= 15 is 0 Å². The normalized spacial score (nSPS) is 22.3. The number of benzene rings is 1. The first-order chi connectivity index (χ1) is 9.45. The highest BCUT2D eigenvalue weighted by molar-refractivity contribution is 5.95. The van der Waals surface area contributed by atoms with Crippen molar-refractivity contribution in [1.82, 2.24) is 5.32 Å². The second-order valence-electron chi connectivity index (χ2n) is 5.40. The third-order valence-electron chi connectivity index (χ3n) is 3.64. The molecule has 2 rings (SSSR count). The van der Waals surface area contributed by atoms with Gasteiger partial charge in [-0.25, -0.2) is 0 Å². The minimum absolute atomic E-state index is 0.0548. The zero-order valence-electron chi connectivity index (χ0n) is 11.5. The first-order valence-corrected chi connectivity index (χ1v) is 6.78. The summed E-state index contributed by atoms with van der Waals surface area (Å²) in [7, 11) is 0. The molecule has 3 N–H and O–H groups in total. The van der Waals surface area contributed by atoms with Crippen molar-refractivity contribution in [2.45, 2.75) is 44.7 Å². The summed E-state index contributed by atoms with van der Waals surface area (Å²) in [5.41, 5.74) is 6.81. The monoisotopic (exact) mass is 277 g/mol. The van der Waals surface area contributed by atoms with Crippen LogP contribution in [0.15, 0.2) is 18.2 Å². The predicted octanol–water partition coefficient (Wildman–Crippen LogP) is 1.90. The summed E-state index contributed by atoms with van der Waals surface area (Å²) < 4.78 is 0. The maximum absolute atomic E-state index is 12.2. The quantitative estimate of drug-likeness (QED) is 0.651. The number of amides is 1. The van der Waals surface area contributed by atoms with Crippen LogP contribution in [0.5, 0.6) is 0 Å². The van der Waals surface area contributed by atoms with E-state index in [2.05, 4.69) is 5.32 Å². The van der Waals surface area contributed by atoms with E-state index in [9.17, 15) is 14.9 Å². The van der Waals surface area contributed by atoms with Gasteiger partial charge in [-0.05, 0) is 44.2 Å². The molecular weight excluding hydrogens is 258 g/mol. The number of nitrogens with two attached hydrogens (primary N) is 1. The maximum Gasteiger partial charge on any atom is 0.270 e. The molecule has 1 saturated carbocycles. The number of non-ortho nitro benzene ring substituents is 1. The van der Waals surface area contributed by atoms with E-state index in [0.29, 0.717) is 11.1 Å². The van der Waals surface area contributed by atoms with Gasteiger partial charge in [-0.3, -0.25) is 14.9 Å². The Bertz CT molecular complexity index is 522. The fourth-order valence-corrected chi connectivity index (χ4v) is 2.53. The van der Waals surface area contributed by atoms with Crippen LogP contribution in [0, 0.1) is 17.0 Å². The molecule has 20 heavy (non-hydrogen) atoms. The zero-order chi connectivity index (χ0) is 14.7. The molecule has 0 heterocycles. The van der Waals surface area contributed by atoms with Crippen LogP contribution in [-0.2, 0) is 0 Å². The van der Waals surface area contributed by atoms with Gasteiger partial charge in [0.2, 0.25) is 0 Å². The van der Waals surface area contributed by atoms with Crippen LogP contribution in [0.3, 0.4) is 0 Å². The van der Waals surface area contributed by atoms with E-state index in [1.54, 1.807) is 13.0 Å². The Hall–Kier alpha value is -1.95. The summed E-state index contributed by atoms with van der Waals surface area (Å²) in [5, 5.41) is 13.7. The van der Waals surface area contributed by atoms with Crippen molar-refractivity contribution in [2.24, 2.45) is 5.73 Å². The van der Waals surface area contributed by atoms with Crippen molar-refractivity contribution in [3.8, 4) is 0 Å². The first kappa shape index (κ1) is 14.5. The van der Waals surface area contributed by atoms with Gasteiger partial charge in [0.1, 0.15) is 0 Å². The average molecular weight is 277 g/mol. The van der Waals surface area contributed by atoms with Gasteiger partial charge in [0.15, 0.2) is 0 Å². The molecule has 0 radical (unpaired) electrons. The van der Waals surface area contributed by atoms with Crippen LogP contribution in [0.25, 0.3) is 0 Å². The lowest BCUT2D eigenvalue weighted by Crippen LogP contribution is -2.40. The van der Waals surface area contributed by atoms with Crippen LogP contribution in [0.4, 0.5) is 5.69 Å². The largest absolute Gasteiger partial charge is 0.349 e. The number of hydrogen-bond acceptors (Lipinski definition) is 4. The topological polar surface area (TPSA) is 98.3 Å². The zero-order valence-corrected chi connectivity index (χ0v) is 11.5. The molecular formula is C14H19N3O3. The van der Waals surface area contributed by atoms with Gasteiger partial charge in [0.05, 0.1) is 4.92 Å². The van der Waals surface area contributed by atoms with Gasteiger partial charge in [-0.15, -0.1) is 0 Å². The highest BCUT2D eigenvalue weighted by atomic mass is 16.6. The van der Waals surface area contributed by atoms with Gasteiger partial charge >= 0.3 is 0 Å². The van der Waals surface area contributed by atoms with E-state index in [-0.39, 0.29) is 23.7 Å². The average Bonchev–Trinajstić information content (AvgIpc) is 2.40. The van der Waals surface area contributed by atoms with Crippen LogP contribution >= 0.6 is 0 Å². The minimum atomic E-state index is -0.483. The summed E-state index contributed by atoms with van der Waals surface area (Å²) in [6, 6.07) is 4.77. The van der Waals surface area contributed by atoms with Crippen LogP contribution < -0.4 is 11.1 Å². The molecule has 1 fully saturated rings. The standard InChI is InChI=1S/C14H19N3O3/c1-9-6-10(8-13(7-9)17(19)20)14(18)16-12-4-2-11(15)3-5-12/h6-8,11-12H,2-5,15H2,1H3,(H,16,18). The number of rotatable bonds is 3. The van der Waals surface area contributed by atoms with Gasteiger partial charge in [0, 0.05) is 29.8 Å². The number of hydrogen-bond donors (Lipinski definition) is 2. The summed E-state index contributed by atoms with van der Waals surface area (Å²) in [6.45, 7) is 1.74. The third-order valence-corrected chi connectivity index (χ3v) is 3.64. The molecule has 0 spiro atoms. The number of nitro benzene ring substituents is 1. The molecule has 6 nitrogen and oxygen atoms in total. The summed E-state index contributed by atoms with van der Waals surface area (Å²) in [6.07, 6.45) is 3.53. The Kier molecular flexibility index (Phi) is 4.34. The molecule has 1 aliphatic rings. The molecule has 0 aliphatic heterocycles. The summed E-state index contributed by atoms with van der Waals surface area (Å²) >= 11 is 0. The van der Waals surface area contributed by atoms with Crippen molar-refractivity contribution in [2.75, 3.05) is 0 Å². The molecule has 1 aliphatic carbocycles. The van der Waals surface area contributed by atoms with E-state index in [1.165, 1.54) is 12.1 Å². The van der Waals surface area contributed by atoms with Crippen molar-refractivity contribution >= 4 is 11.6 Å². The third kappa shape index (κ3) is 3.54. The van der Waals surface area contributed by atoms with Gasteiger partial charge in [-0.1, -0.05) is 0 Å². The highest BCUT2D eigenvalue weighted by Crippen LogP contribution is 2.19. The summed E-state index contributed by atoms with van der Waals surface area (Å²) in [4.78, 5) is 22.5. The van der Waals surface area contributed by atoms with E-state index in [1.807, 2.05) is 0 Å². The molecule has 0 saturated heterocycles. The number of nitro groups is 1. The SMILES string of the molecule is Cc1cc(C(=O)NC2CCC(N)CC2)cc([N+](=O)[O-])c1. The van der Waals surface area contributed by atoms with Gasteiger partial charge < -0.3 is 11.1 Å². The number of nitrogens with one attached hydrogen (secondary N) is 1. The first-order valence-electron chi connectivity index (χ1n) is 6.78. The molecule has 6 heteroatoms. The van der Waals surface area contributed by atoms with Crippen LogP contribution in [0.1, 0.15) is 41.6 Å². The van der Waals surface area contributed by atoms with Crippen LogP contribution in [0.2, 0.25) is 0 Å². The predicted molar refractivity (Wildman–Crippen MR) is 75.5 cm³/mol. The number of carbonyl (C=O) groups is 1. The second-order valence-corrected chi connectivity index (χ2v) is 5.40. The Labute approximate surface area is 117 Å². The Morgan fingerprint density at radius 3 is 2.55 bits per heavy atom. The van der Waals surface area contributed by atoms with Gasteiger partial charge in [-0.2, -0.15) is 0 Å². The van der Waals surface area contributed by atoms with Crippen molar-refractivity contribution < 1.29 is 9.72 Å². The number of aryl methyl sites for hydroxylation is 1.